The third-order valence-electron chi connectivity index (χ3n) is 4.38. The van der Waals surface area contributed by atoms with Crippen molar-refractivity contribution in [1.29, 1.82) is 0 Å². The smallest absolute Gasteiger partial charge is 0.310 e. The van der Waals surface area contributed by atoms with E-state index in [1.807, 2.05) is 44.3 Å². The Labute approximate surface area is 121 Å². The number of carbonyl (C=O) groups excluding carboxylic acids is 1. The zero-order valence-electron chi connectivity index (χ0n) is 12.5. The largest absolute Gasteiger partial charge is 0.461 e. The van der Waals surface area contributed by atoms with Crippen molar-refractivity contribution in [2.75, 3.05) is 7.05 Å². The summed E-state index contributed by atoms with van der Waals surface area (Å²) < 4.78 is 5.45. The lowest BCUT2D eigenvalue weighted by Gasteiger charge is -2.27. The summed E-state index contributed by atoms with van der Waals surface area (Å²) in [7, 11) is 1.95. The molecular formula is C17H25NO2. The quantitative estimate of drug-likeness (QED) is 0.811. The van der Waals surface area contributed by atoms with E-state index in [1.54, 1.807) is 0 Å². The van der Waals surface area contributed by atoms with Crippen LogP contribution >= 0.6 is 0 Å². The highest BCUT2D eigenvalue weighted by Crippen LogP contribution is 2.31. The molecule has 3 nitrogen and oxygen atoms in total. The Balaban J connectivity index is 1.86. The van der Waals surface area contributed by atoms with E-state index >= 15 is 0 Å². The molecule has 0 heterocycles. The number of rotatable bonds is 6. The van der Waals surface area contributed by atoms with Crippen LogP contribution in [0.15, 0.2) is 30.3 Å². The van der Waals surface area contributed by atoms with Gasteiger partial charge in [0.1, 0.15) is 6.61 Å². The van der Waals surface area contributed by atoms with E-state index in [0.717, 1.165) is 5.56 Å². The molecule has 0 aromatic heterocycles. The van der Waals surface area contributed by atoms with E-state index in [4.69, 9.17) is 4.74 Å². The van der Waals surface area contributed by atoms with Gasteiger partial charge in [-0.3, -0.25) is 4.79 Å². The molecule has 0 amide bonds. The maximum Gasteiger partial charge on any atom is 0.310 e. The number of ether oxygens (including phenoxy) is 1. The number of benzene rings is 1. The Bertz CT molecular complexity index is 412. The van der Waals surface area contributed by atoms with Crippen LogP contribution in [0.1, 0.15) is 38.2 Å². The minimum atomic E-state index is -0.0971. The topological polar surface area (TPSA) is 38.3 Å². The summed E-state index contributed by atoms with van der Waals surface area (Å²) in [6, 6.07) is 10.1. The molecule has 1 saturated carbocycles. The van der Waals surface area contributed by atoms with E-state index in [0.29, 0.717) is 12.5 Å². The molecule has 2 atom stereocenters. The van der Waals surface area contributed by atoms with Crippen molar-refractivity contribution in [2.24, 2.45) is 11.8 Å². The highest BCUT2D eigenvalue weighted by Gasteiger charge is 2.32. The summed E-state index contributed by atoms with van der Waals surface area (Å²) in [5, 5.41) is 3.32. The molecule has 1 aliphatic carbocycles. The van der Waals surface area contributed by atoms with Crippen molar-refractivity contribution in [3.63, 3.8) is 0 Å². The molecule has 0 bridgehead atoms. The first-order chi connectivity index (χ1) is 9.72. The fourth-order valence-corrected chi connectivity index (χ4v) is 3.22. The van der Waals surface area contributed by atoms with Crippen LogP contribution in [0.5, 0.6) is 0 Å². The highest BCUT2D eigenvalue weighted by molar-refractivity contribution is 5.73. The average molecular weight is 275 g/mol. The van der Waals surface area contributed by atoms with Gasteiger partial charge < -0.3 is 10.1 Å². The second-order valence-electron chi connectivity index (χ2n) is 5.74. The number of hydrogen-bond donors (Lipinski definition) is 1. The Morgan fingerprint density at radius 3 is 2.55 bits per heavy atom. The second kappa shape index (κ2) is 7.44. The van der Waals surface area contributed by atoms with Crippen LogP contribution in [0, 0.1) is 11.8 Å². The van der Waals surface area contributed by atoms with Gasteiger partial charge in [0.2, 0.25) is 0 Å². The zero-order chi connectivity index (χ0) is 14.4. The zero-order valence-corrected chi connectivity index (χ0v) is 12.5. The molecule has 110 valence electrons. The third kappa shape index (κ3) is 3.83. The van der Waals surface area contributed by atoms with Crippen molar-refractivity contribution >= 4 is 5.97 Å². The Hall–Kier alpha value is -1.35. The summed E-state index contributed by atoms with van der Waals surface area (Å²) in [4.78, 5) is 12.2. The van der Waals surface area contributed by atoms with E-state index in [9.17, 15) is 4.79 Å². The van der Waals surface area contributed by atoms with Crippen LogP contribution in [0.3, 0.4) is 0 Å². The van der Waals surface area contributed by atoms with Crippen molar-refractivity contribution in [2.45, 2.75) is 45.3 Å². The molecule has 1 aromatic carbocycles. The standard InChI is InChI=1S/C17H25NO2/c1-13(16(18-2)15-10-6-7-11-15)17(19)20-12-14-8-4-3-5-9-14/h3-5,8-9,13,15-16,18H,6-7,10-12H2,1-2H3. The maximum absolute atomic E-state index is 12.2. The van der Waals surface area contributed by atoms with Crippen molar-refractivity contribution in [1.82, 2.24) is 5.32 Å². The van der Waals surface area contributed by atoms with Crippen LogP contribution in [-0.2, 0) is 16.1 Å². The van der Waals surface area contributed by atoms with Gasteiger partial charge in [0.15, 0.2) is 0 Å². The highest BCUT2D eigenvalue weighted by atomic mass is 16.5. The minimum Gasteiger partial charge on any atom is -0.461 e. The number of nitrogens with one attached hydrogen (secondary N) is 1. The molecule has 1 N–H and O–H groups in total. The van der Waals surface area contributed by atoms with Gasteiger partial charge in [-0.25, -0.2) is 0 Å². The lowest BCUT2D eigenvalue weighted by Crippen LogP contribution is -2.42. The van der Waals surface area contributed by atoms with E-state index in [2.05, 4.69) is 5.32 Å². The first kappa shape index (κ1) is 15.0. The monoisotopic (exact) mass is 275 g/mol. The van der Waals surface area contributed by atoms with Crippen LogP contribution in [0.2, 0.25) is 0 Å². The third-order valence-corrected chi connectivity index (χ3v) is 4.38. The Kier molecular flexibility index (Phi) is 5.60. The molecule has 1 aliphatic rings. The van der Waals surface area contributed by atoms with Crippen LogP contribution in [-0.4, -0.2) is 19.1 Å². The summed E-state index contributed by atoms with van der Waals surface area (Å²) in [5.41, 5.74) is 1.04. The first-order valence-corrected chi connectivity index (χ1v) is 7.60. The average Bonchev–Trinajstić information content (AvgIpc) is 3.00. The molecule has 1 aromatic rings. The summed E-state index contributed by atoms with van der Waals surface area (Å²) in [6.07, 6.45) is 5.02. The van der Waals surface area contributed by atoms with Crippen molar-refractivity contribution in [3.05, 3.63) is 35.9 Å². The van der Waals surface area contributed by atoms with Crippen molar-refractivity contribution < 1.29 is 9.53 Å². The number of esters is 1. The van der Waals surface area contributed by atoms with Crippen LogP contribution in [0.4, 0.5) is 0 Å². The van der Waals surface area contributed by atoms with E-state index in [1.165, 1.54) is 25.7 Å². The van der Waals surface area contributed by atoms with Gasteiger partial charge in [-0.2, -0.15) is 0 Å². The van der Waals surface area contributed by atoms with Gasteiger partial charge in [0, 0.05) is 6.04 Å². The van der Waals surface area contributed by atoms with E-state index < -0.39 is 0 Å². The fourth-order valence-electron chi connectivity index (χ4n) is 3.22. The molecule has 0 saturated heterocycles. The Morgan fingerprint density at radius 2 is 1.95 bits per heavy atom. The van der Waals surface area contributed by atoms with Gasteiger partial charge in [-0.1, -0.05) is 50.1 Å². The molecule has 2 unspecified atom stereocenters. The molecule has 0 aliphatic heterocycles. The van der Waals surface area contributed by atoms with Crippen LogP contribution < -0.4 is 5.32 Å². The summed E-state index contributed by atoms with van der Waals surface area (Å²) >= 11 is 0. The predicted octanol–water partition coefficient (Wildman–Crippen LogP) is 3.14. The molecule has 20 heavy (non-hydrogen) atoms. The normalized spacial score (nSPS) is 18.7. The second-order valence-corrected chi connectivity index (χ2v) is 5.74. The molecule has 1 fully saturated rings. The lowest BCUT2D eigenvalue weighted by atomic mass is 9.88. The number of carbonyl (C=O) groups is 1. The van der Waals surface area contributed by atoms with Gasteiger partial charge in [0.05, 0.1) is 5.92 Å². The maximum atomic E-state index is 12.2. The lowest BCUT2D eigenvalue weighted by molar-refractivity contribution is -0.150. The predicted molar refractivity (Wildman–Crippen MR) is 80.2 cm³/mol. The number of hydrogen-bond acceptors (Lipinski definition) is 3. The fraction of sp³-hybridized carbons (Fsp3) is 0.588. The van der Waals surface area contributed by atoms with E-state index in [-0.39, 0.29) is 17.9 Å². The first-order valence-electron chi connectivity index (χ1n) is 7.60. The van der Waals surface area contributed by atoms with Crippen molar-refractivity contribution in [3.8, 4) is 0 Å². The Morgan fingerprint density at radius 1 is 1.30 bits per heavy atom. The van der Waals surface area contributed by atoms with Gasteiger partial charge in [0.25, 0.3) is 0 Å². The van der Waals surface area contributed by atoms with Gasteiger partial charge in [-0.15, -0.1) is 0 Å². The molecule has 0 spiro atoms. The SMILES string of the molecule is CNC(C1CCCC1)C(C)C(=O)OCc1ccccc1. The van der Waals surface area contributed by atoms with Crippen LogP contribution in [0.25, 0.3) is 0 Å². The molecule has 3 heteroatoms. The minimum absolute atomic E-state index is 0.0909. The molecule has 0 radical (unpaired) electrons. The summed E-state index contributed by atoms with van der Waals surface area (Å²) in [6.45, 7) is 2.35. The van der Waals surface area contributed by atoms with Gasteiger partial charge >= 0.3 is 5.97 Å². The van der Waals surface area contributed by atoms with Gasteiger partial charge in [-0.05, 0) is 31.4 Å². The summed E-state index contributed by atoms with van der Waals surface area (Å²) in [5.74, 6) is 0.422. The molecule has 2 rings (SSSR count). The molecular weight excluding hydrogens is 250 g/mol.